The number of likely N-dealkylation sites (tertiary alicyclic amines) is 1. The highest BCUT2D eigenvalue weighted by atomic mass is 16.3. The average molecular weight is 340 g/mol. The van der Waals surface area contributed by atoms with Crippen molar-refractivity contribution in [2.24, 2.45) is 10.7 Å². The first-order valence-electron chi connectivity index (χ1n) is 9.19. The zero-order chi connectivity index (χ0) is 17.5. The molecule has 1 aliphatic rings. The quantitative estimate of drug-likeness (QED) is 0.620. The van der Waals surface area contributed by atoms with Crippen LogP contribution >= 0.6 is 0 Å². The number of piperidine rings is 1. The molecule has 134 valence electrons. The SMILES string of the molecule is CCc1cccc(NC(N)=NCC(c2ccco2)N2CCCCC2)c1. The van der Waals surface area contributed by atoms with Crippen molar-refractivity contribution in [3.05, 3.63) is 54.0 Å². The number of guanidine groups is 1. The topological polar surface area (TPSA) is 66.8 Å². The van der Waals surface area contributed by atoms with Gasteiger partial charge in [0.05, 0.1) is 18.8 Å². The van der Waals surface area contributed by atoms with E-state index in [-0.39, 0.29) is 6.04 Å². The highest BCUT2D eigenvalue weighted by molar-refractivity contribution is 5.92. The Kier molecular flexibility index (Phi) is 6.12. The Morgan fingerprint density at radius 3 is 2.80 bits per heavy atom. The molecule has 1 unspecified atom stereocenters. The van der Waals surface area contributed by atoms with Crippen molar-refractivity contribution < 1.29 is 4.42 Å². The first-order chi connectivity index (χ1) is 12.3. The minimum Gasteiger partial charge on any atom is -0.468 e. The number of anilines is 1. The van der Waals surface area contributed by atoms with Crippen LogP contribution in [0.25, 0.3) is 0 Å². The molecule has 3 rings (SSSR count). The Labute approximate surface area is 149 Å². The third kappa shape index (κ3) is 4.86. The summed E-state index contributed by atoms with van der Waals surface area (Å²) in [5.74, 6) is 1.41. The second-order valence-corrected chi connectivity index (χ2v) is 6.53. The predicted molar refractivity (Wildman–Crippen MR) is 103 cm³/mol. The van der Waals surface area contributed by atoms with E-state index in [0.29, 0.717) is 12.5 Å². The van der Waals surface area contributed by atoms with Gasteiger partial charge >= 0.3 is 0 Å². The summed E-state index contributed by atoms with van der Waals surface area (Å²) >= 11 is 0. The highest BCUT2D eigenvalue weighted by Gasteiger charge is 2.24. The lowest BCUT2D eigenvalue weighted by molar-refractivity contribution is 0.150. The van der Waals surface area contributed by atoms with Gasteiger partial charge in [0.25, 0.3) is 0 Å². The molecule has 3 N–H and O–H groups in total. The Balaban J connectivity index is 1.67. The third-order valence-corrected chi connectivity index (χ3v) is 4.75. The summed E-state index contributed by atoms with van der Waals surface area (Å²) in [4.78, 5) is 7.04. The fraction of sp³-hybridized carbons (Fsp3) is 0.450. The van der Waals surface area contributed by atoms with Gasteiger partial charge in [-0.05, 0) is 62.2 Å². The zero-order valence-electron chi connectivity index (χ0n) is 14.9. The number of hydrogen-bond acceptors (Lipinski definition) is 3. The first-order valence-corrected chi connectivity index (χ1v) is 9.19. The van der Waals surface area contributed by atoms with E-state index in [1.54, 1.807) is 6.26 Å². The number of aliphatic imine (C=N–C) groups is 1. The van der Waals surface area contributed by atoms with Crippen LogP contribution in [0, 0.1) is 0 Å². The van der Waals surface area contributed by atoms with E-state index in [9.17, 15) is 0 Å². The molecule has 1 atom stereocenters. The molecule has 0 amide bonds. The van der Waals surface area contributed by atoms with Crippen molar-refractivity contribution in [2.45, 2.75) is 38.6 Å². The molecule has 0 spiro atoms. The van der Waals surface area contributed by atoms with Gasteiger partial charge in [-0.15, -0.1) is 0 Å². The monoisotopic (exact) mass is 340 g/mol. The van der Waals surface area contributed by atoms with Crippen LogP contribution in [0.4, 0.5) is 5.69 Å². The summed E-state index contributed by atoms with van der Waals surface area (Å²) in [6, 6.07) is 12.4. The predicted octanol–water partition coefficient (Wildman–Crippen LogP) is 3.80. The van der Waals surface area contributed by atoms with Gasteiger partial charge in [-0.25, -0.2) is 0 Å². The number of aryl methyl sites for hydroxylation is 1. The average Bonchev–Trinajstić information content (AvgIpc) is 3.17. The molecule has 1 aromatic heterocycles. The fourth-order valence-corrected chi connectivity index (χ4v) is 3.34. The second kappa shape index (κ2) is 8.72. The van der Waals surface area contributed by atoms with Gasteiger partial charge in [0, 0.05) is 5.69 Å². The smallest absolute Gasteiger partial charge is 0.193 e. The molecular weight excluding hydrogens is 312 g/mol. The van der Waals surface area contributed by atoms with Gasteiger partial charge in [-0.3, -0.25) is 9.89 Å². The molecule has 1 saturated heterocycles. The van der Waals surface area contributed by atoms with E-state index >= 15 is 0 Å². The van der Waals surface area contributed by atoms with Crippen LogP contribution in [0.5, 0.6) is 0 Å². The lowest BCUT2D eigenvalue weighted by atomic mass is 10.1. The normalized spacial score (nSPS) is 17.4. The maximum Gasteiger partial charge on any atom is 0.193 e. The molecule has 0 saturated carbocycles. The van der Waals surface area contributed by atoms with E-state index < -0.39 is 0 Å². The number of nitrogens with zero attached hydrogens (tertiary/aromatic N) is 2. The molecule has 0 aliphatic carbocycles. The minimum atomic E-state index is 0.151. The molecule has 1 aromatic carbocycles. The summed E-state index contributed by atoms with van der Waals surface area (Å²) < 4.78 is 5.66. The Morgan fingerprint density at radius 1 is 1.24 bits per heavy atom. The standard InChI is InChI=1S/C20H28N4O/c1-2-16-8-6-9-17(14-16)23-20(21)22-15-18(19-10-7-13-25-19)24-11-4-3-5-12-24/h6-10,13-14,18H,2-5,11-12,15H2,1H3,(H3,21,22,23). The number of hydrogen-bond donors (Lipinski definition) is 2. The van der Waals surface area contributed by atoms with E-state index in [4.69, 9.17) is 10.2 Å². The largest absolute Gasteiger partial charge is 0.468 e. The summed E-state index contributed by atoms with van der Waals surface area (Å²) in [6.45, 7) is 4.92. The molecule has 5 heteroatoms. The number of furan rings is 1. The van der Waals surface area contributed by atoms with E-state index in [1.165, 1.54) is 24.8 Å². The summed E-state index contributed by atoms with van der Waals surface area (Å²) in [6.07, 6.45) is 6.51. The molecular formula is C20H28N4O. The van der Waals surface area contributed by atoms with E-state index in [0.717, 1.165) is 31.0 Å². The molecule has 2 heterocycles. The molecule has 25 heavy (non-hydrogen) atoms. The van der Waals surface area contributed by atoms with E-state index in [2.05, 4.69) is 34.3 Å². The molecule has 2 aromatic rings. The molecule has 0 radical (unpaired) electrons. The molecule has 1 aliphatic heterocycles. The molecule has 5 nitrogen and oxygen atoms in total. The van der Waals surface area contributed by atoms with Crippen LogP contribution in [-0.2, 0) is 6.42 Å². The van der Waals surface area contributed by atoms with Crippen LogP contribution in [-0.4, -0.2) is 30.5 Å². The number of rotatable bonds is 6. The summed E-state index contributed by atoms with van der Waals surface area (Å²) in [5, 5.41) is 3.20. The number of nitrogens with one attached hydrogen (secondary N) is 1. The third-order valence-electron chi connectivity index (χ3n) is 4.75. The highest BCUT2D eigenvalue weighted by Crippen LogP contribution is 2.25. The Hall–Kier alpha value is -2.27. The minimum absolute atomic E-state index is 0.151. The lowest BCUT2D eigenvalue weighted by Crippen LogP contribution is -2.36. The molecule has 1 fully saturated rings. The summed E-state index contributed by atoms with van der Waals surface area (Å²) in [5.41, 5.74) is 8.38. The zero-order valence-corrected chi connectivity index (χ0v) is 14.9. The van der Waals surface area contributed by atoms with Gasteiger partial charge in [0.1, 0.15) is 5.76 Å². The van der Waals surface area contributed by atoms with Gasteiger partial charge in [0.15, 0.2) is 5.96 Å². The van der Waals surface area contributed by atoms with Gasteiger partial charge in [-0.2, -0.15) is 0 Å². The maximum absolute atomic E-state index is 6.12. The van der Waals surface area contributed by atoms with Crippen molar-refractivity contribution in [1.29, 1.82) is 0 Å². The Morgan fingerprint density at radius 2 is 2.08 bits per heavy atom. The van der Waals surface area contributed by atoms with Gasteiger partial charge < -0.3 is 15.5 Å². The first kappa shape index (κ1) is 17.5. The van der Waals surface area contributed by atoms with Crippen molar-refractivity contribution in [3.8, 4) is 0 Å². The van der Waals surface area contributed by atoms with Crippen molar-refractivity contribution in [1.82, 2.24) is 4.90 Å². The maximum atomic E-state index is 6.12. The number of nitrogens with two attached hydrogens (primary N) is 1. The summed E-state index contributed by atoms with van der Waals surface area (Å²) in [7, 11) is 0. The van der Waals surface area contributed by atoms with Crippen molar-refractivity contribution >= 4 is 11.6 Å². The van der Waals surface area contributed by atoms with E-state index in [1.807, 2.05) is 24.3 Å². The van der Waals surface area contributed by atoms with Crippen molar-refractivity contribution in [2.75, 3.05) is 25.0 Å². The second-order valence-electron chi connectivity index (χ2n) is 6.53. The lowest BCUT2D eigenvalue weighted by Gasteiger charge is -2.32. The fourth-order valence-electron chi connectivity index (χ4n) is 3.34. The van der Waals surface area contributed by atoms with Gasteiger partial charge in [0.2, 0.25) is 0 Å². The van der Waals surface area contributed by atoms with Crippen LogP contribution in [0.1, 0.15) is 43.6 Å². The van der Waals surface area contributed by atoms with Crippen LogP contribution in [0.3, 0.4) is 0 Å². The van der Waals surface area contributed by atoms with Crippen LogP contribution < -0.4 is 11.1 Å². The van der Waals surface area contributed by atoms with Crippen molar-refractivity contribution in [3.63, 3.8) is 0 Å². The number of benzene rings is 1. The van der Waals surface area contributed by atoms with Crippen LogP contribution in [0.15, 0.2) is 52.1 Å². The molecule has 0 bridgehead atoms. The Bertz CT molecular complexity index is 675. The van der Waals surface area contributed by atoms with Gasteiger partial charge in [-0.1, -0.05) is 25.5 Å². The van der Waals surface area contributed by atoms with Crippen LogP contribution in [0.2, 0.25) is 0 Å².